The summed E-state index contributed by atoms with van der Waals surface area (Å²) in [6.07, 6.45) is 3.53. The summed E-state index contributed by atoms with van der Waals surface area (Å²) < 4.78 is 0. The molecule has 1 saturated heterocycles. The van der Waals surface area contributed by atoms with Gasteiger partial charge in [-0.3, -0.25) is 5.10 Å². The Labute approximate surface area is 103 Å². The van der Waals surface area contributed by atoms with Crippen molar-refractivity contribution in [2.24, 2.45) is 11.7 Å². The van der Waals surface area contributed by atoms with Crippen molar-refractivity contribution < 1.29 is 0 Å². The van der Waals surface area contributed by atoms with Crippen LogP contribution in [0.2, 0.25) is 0 Å². The van der Waals surface area contributed by atoms with Crippen LogP contribution in [0, 0.1) is 5.92 Å². The van der Waals surface area contributed by atoms with Crippen LogP contribution < -0.4 is 10.6 Å². The van der Waals surface area contributed by atoms with Crippen LogP contribution in [0.3, 0.4) is 0 Å². The van der Waals surface area contributed by atoms with Crippen LogP contribution in [0.25, 0.3) is 0 Å². The van der Waals surface area contributed by atoms with Gasteiger partial charge in [0.1, 0.15) is 0 Å². The second kappa shape index (κ2) is 4.02. The van der Waals surface area contributed by atoms with Gasteiger partial charge in [0.05, 0.1) is 0 Å². The number of H-pyrrole nitrogens is 1. The molecule has 0 bridgehead atoms. The van der Waals surface area contributed by atoms with Crippen molar-refractivity contribution in [1.82, 2.24) is 10.2 Å². The third-order valence-electron chi connectivity index (χ3n) is 4.20. The van der Waals surface area contributed by atoms with Crippen LogP contribution in [-0.2, 0) is 6.42 Å². The standard InChI is InChI=1S/C13H22N4/c1-8-5-9(2)12-11(6-8)13(16-15-12)17-4-3-10(14)7-17/h8-10H,3-7,14H2,1-2H3,(H,15,16). The van der Waals surface area contributed by atoms with Crippen molar-refractivity contribution >= 4 is 5.82 Å². The van der Waals surface area contributed by atoms with E-state index in [0.717, 1.165) is 31.8 Å². The third kappa shape index (κ3) is 1.84. The van der Waals surface area contributed by atoms with Crippen LogP contribution in [-0.4, -0.2) is 29.3 Å². The number of aromatic amines is 1. The number of nitrogens with zero attached hydrogens (tertiary/aromatic N) is 2. The number of anilines is 1. The Morgan fingerprint density at radius 3 is 2.94 bits per heavy atom. The van der Waals surface area contributed by atoms with Gasteiger partial charge in [-0.2, -0.15) is 5.10 Å². The topological polar surface area (TPSA) is 57.9 Å². The fourth-order valence-electron chi connectivity index (χ4n) is 3.37. The fraction of sp³-hybridized carbons (Fsp3) is 0.769. The highest BCUT2D eigenvalue weighted by Crippen LogP contribution is 2.38. The van der Waals surface area contributed by atoms with Crippen molar-refractivity contribution in [3.05, 3.63) is 11.3 Å². The molecule has 0 amide bonds. The maximum atomic E-state index is 5.98. The van der Waals surface area contributed by atoms with Crippen molar-refractivity contribution in [3.8, 4) is 0 Å². The quantitative estimate of drug-likeness (QED) is 0.776. The molecule has 3 unspecified atom stereocenters. The molecule has 3 rings (SSSR count). The maximum absolute atomic E-state index is 5.98. The van der Waals surface area contributed by atoms with E-state index in [1.54, 1.807) is 0 Å². The van der Waals surface area contributed by atoms with Gasteiger partial charge in [0.2, 0.25) is 0 Å². The molecular formula is C13H22N4. The van der Waals surface area contributed by atoms with E-state index in [0.29, 0.717) is 12.0 Å². The highest BCUT2D eigenvalue weighted by molar-refractivity contribution is 5.52. The molecule has 1 aliphatic heterocycles. The monoisotopic (exact) mass is 234 g/mol. The maximum Gasteiger partial charge on any atom is 0.153 e. The number of rotatable bonds is 1. The predicted molar refractivity (Wildman–Crippen MR) is 69.3 cm³/mol. The zero-order chi connectivity index (χ0) is 12.0. The largest absolute Gasteiger partial charge is 0.353 e. The van der Waals surface area contributed by atoms with Gasteiger partial charge in [0.15, 0.2) is 5.82 Å². The van der Waals surface area contributed by atoms with Gasteiger partial charge < -0.3 is 10.6 Å². The van der Waals surface area contributed by atoms with E-state index in [4.69, 9.17) is 5.73 Å². The Balaban J connectivity index is 1.92. The van der Waals surface area contributed by atoms with E-state index in [1.807, 2.05) is 0 Å². The molecule has 0 radical (unpaired) electrons. The minimum Gasteiger partial charge on any atom is -0.353 e. The predicted octanol–water partition coefficient (Wildman–Crippen LogP) is 1.63. The zero-order valence-electron chi connectivity index (χ0n) is 10.7. The Bertz CT molecular complexity index is 412. The first-order valence-electron chi connectivity index (χ1n) is 6.72. The van der Waals surface area contributed by atoms with E-state index in [2.05, 4.69) is 28.9 Å². The molecule has 0 aromatic carbocycles. The van der Waals surface area contributed by atoms with E-state index >= 15 is 0 Å². The first-order valence-corrected chi connectivity index (χ1v) is 6.72. The zero-order valence-corrected chi connectivity index (χ0v) is 10.7. The lowest BCUT2D eigenvalue weighted by Gasteiger charge is -2.26. The molecule has 0 saturated carbocycles. The molecule has 94 valence electrons. The molecule has 4 heteroatoms. The summed E-state index contributed by atoms with van der Waals surface area (Å²) >= 11 is 0. The first-order chi connectivity index (χ1) is 8.15. The van der Waals surface area contributed by atoms with Crippen molar-refractivity contribution in [2.45, 2.75) is 45.1 Å². The lowest BCUT2D eigenvalue weighted by molar-refractivity contribution is 0.444. The molecule has 3 atom stereocenters. The summed E-state index contributed by atoms with van der Waals surface area (Å²) in [5.41, 5.74) is 8.79. The molecule has 0 spiro atoms. The lowest BCUT2D eigenvalue weighted by atomic mass is 9.82. The summed E-state index contributed by atoms with van der Waals surface area (Å²) in [4.78, 5) is 2.35. The van der Waals surface area contributed by atoms with E-state index in [9.17, 15) is 0 Å². The summed E-state index contributed by atoms with van der Waals surface area (Å²) in [5, 5.41) is 7.80. The van der Waals surface area contributed by atoms with Gasteiger partial charge >= 0.3 is 0 Å². The molecule has 3 N–H and O–H groups in total. The smallest absolute Gasteiger partial charge is 0.153 e. The number of nitrogens with two attached hydrogens (primary N) is 1. The van der Waals surface area contributed by atoms with Gasteiger partial charge in [-0.25, -0.2) is 0 Å². The van der Waals surface area contributed by atoms with Gasteiger partial charge in [0.25, 0.3) is 0 Å². The van der Waals surface area contributed by atoms with Crippen LogP contribution >= 0.6 is 0 Å². The second-order valence-electron chi connectivity index (χ2n) is 5.88. The van der Waals surface area contributed by atoms with E-state index in [-0.39, 0.29) is 0 Å². The molecule has 2 aliphatic rings. The second-order valence-corrected chi connectivity index (χ2v) is 5.88. The van der Waals surface area contributed by atoms with Gasteiger partial charge in [-0.15, -0.1) is 0 Å². The van der Waals surface area contributed by atoms with Gasteiger partial charge in [-0.1, -0.05) is 13.8 Å². The van der Waals surface area contributed by atoms with Crippen LogP contribution in [0.15, 0.2) is 0 Å². The average molecular weight is 234 g/mol. The highest BCUT2D eigenvalue weighted by atomic mass is 15.3. The molecule has 1 fully saturated rings. The summed E-state index contributed by atoms with van der Waals surface area (Å²) in [6, 6.07) is 0.320. The Morgan fingerprint density at radius 2 is 2.24 bits per heavy atom. The Morgan fingerprint density at radius 1 is 1.41 bits per heavy atom. The molecule has 1 aliphatic carbocycles. The van der Waals surface area contributed by atoms with E-state index in [1.165, 1.54) is 23.5 Å². The third-order valence-corrected chi connectivity index (χ3v) is 4.20. The normalized spacial score (nSPS) is 32.9. The summed E-state index contributed by atoms with van der Waals surface area (Å²) in [5.74, 6) is 2.56. The van der Waals surface area contributed by atoms with Crippen molar-refractivity contribution in [1.29, 1.82) is 0 Å². The van der Waals surface area contributed by atoms with Crippen LogP contribution in [0.5, 0.6) is 0 Å². The highest BCUT2D eigenvalue weighted by Gasteiger charge is 2.30. The molecular weight excluding hydrogens is 212 g/mol. The van der Waals surface area contributed by atoms with Gasteiger partial charge in [0, 0.05) is 30.4 Å². The Kier molecular flexibility index (Phi) is 2.62. The fourth-order valence-corrected chi connectivity index (χ4v) is 3.37. The van der Waals surface area contributed by atoms with Crippen LogP contribution in [0.4, 0.5) is 5.82 Å². The Hall–Kier alpha value is -1.03. The van der Waals surface area contributed by atoms with Crippen molar-refractivity contribution in [3.63, 3.8) is 0 Å². The SMILES string of the molecule is CC1Cc2c(N3CCC(N)C3)n[nH]c2C(C)C1. The molecule has 4 nitrogen and oxygen atoms in total. The molecule has 1 aromatic rings. The lowest BCUT2D eigenvalue weighted by Crippen LogP contribution is -2.27. The number of aromatic nitrogens is 2. The number of fused-ring (bicyclic) bond motifs is 1. The van der Waals surface area contributed by atoms with Gasteiger partial charge in [-0.05, 0) is 31.1 Å². The molecule has 17 heavy (non-hydrogen) atoms. The number of hydrogen-bond donors (Lipinski definition) is 2. The average Bonchev–Trinajstić information content (AvgIpc) is 2.83. The van der Waals surface area contributed by atoms with Crippen LogP contribution in [0.1, 0.15) is 43.9 Å². The molecule has 1 aromatic heterocycles. The first kappa shape index (κ1) is 11.1. The van der Waals surface area contributed by atoms with Crippen molar-refractivity contribution in [2.75, 3.05) is 18.0 Å². The minimum absolute atomic E-state index is 0.320. The minimum atomic E-state index is 0.320. The summed E-state index contributed by atoms with van der Waals surface area (Å²) in [6.45, 7) is 6.65. The molecule has 2 heterocycles. The van der Waals surface area contributed by atoms with E-state index < -0.39 is 0 Å². The number of hydrogen-bond acceptors (Lipinski definition) is 3. The number of nitrogens with one attached hydrogen (secondary N) is 1. The summed E-state index contributed by atoms with van der Waals surface area (Å²) in [7, 11) is 0.